The Hall–Kier alpha value is -1.99. The molecule has 0 aromatic carbocycles. The lowest BCUT2D eigenvalue weighted by atomic mass is 9.86. The maximum absolute atomic E-state index is 12.6. The first-order chi connectivity index (χ1) is 12.4. The topological polar surface area (TPSA) is 32.3 Å². The molecule has 2 atom stereocenters. The minimum Gasteiger partial charge on any atom is -0.296 e. The number of halogens is 3. The summed E-state index contributed by atoms with van der Waals surface area (Å²) in [6.45, 7) is 5.50. The highest BCUT2D eigenvalue weighted by Crippen LogP contribution is 2.34. The van der Waals surface area contributed by atoms with Crippen LogP contribution >= 0.6 is 0 Å². The molecule has 3 aliphatic rings. The van der Waals surface area contributed by atoms with Crippen LogP contribution in [-0.4, -0.2) is 44.9 Å². The third-order valence-electron chi connectivity index (χ3n) is 5.24. The number of aryl methyl sites for hydroxylation is 1. The van der Waals surface area contributed by atoms with Gasteiger partial charge in [-0.2, -0.15) is 13.2 Å². The zero-order valence-corrected chi connectivity index (χ0v) is 14.6. The van der Waals surface area contributed by atoms with E-state index < -0.39 is 11.9 Å². The van der Waals surface area contributed by atoms with Crippen molar-refractivity contribution in [2.75, 3.05) is 13.1 Å². The molecule has 2 unspecified atom stereocenters. The molecule has 0 amide bonds. The summed E-state index contributed by atoms with van der Waals surface area (Å²) in [5.41, 5.74) is 2.40. The van der Waals surface area contributed by atoms with E-state index in [0.29, 0.717) is 18.6 Å². The average molecular weight is 362 g/mol. The third-order valence-corrected chi connectivity index (χ3v) is 5.24. The summed E-state index contributed by atoms with van der Waals surface area (Å²) in [6, 6.07) is 5.80. The molecule has 2 aromatic rings. The first-order valence-corrected chi connectivity index (χ1v) is 8.79. The number of hydrogen-bond acceptors (Lipinski definition) is 4. The fraction of sp³-hybridized carbons (Fsp3) is 0.474. The van der Waals surface area contributed by atoms with Crippen molar-refractivity contribution < 1.29 is 13.2 Å². The van der Waals surface area contributed by atoms with Crippen LogP contribution in [0.1, 0.15) is 28.8 Å². The molecule has 5 heterocycles. The number of piperazine rings is 1. The van der Waals surface area contributed by atoms with Gasteiger partial charge in [0.05, 0.1) is 0 Å². The van der Waals surface area contributed by atoms with E-state index in [0.717, 1.165) is 31.3 Å². The number of rotatable bonds is 4. The van der Waals surface area contributed by atoms with Crippen LogP contribution in [0.25, 0.3) is 0 Å². The Labute approximate surface area is 150 Å². The van der Waals surface area contributed by atoms with E-state index in [9.17, 15) is 13.2 Å². The van der Waals surface area contributed by atoms with E-state index in [1.54, 1.807) is 0 Å². The van der Waals surface area contributed by atoms with Gasteiger partial charge >= 0.3 is 6.18 Å². The molecule has 26 heavy (non-hydrogen) atoms. The van der Waals surface area contributed by atoms with E-state index in [1.807, 2.05) is 19.3 Å². The van der Waals surface area contributed by atoms with Gasteiger partial charge in [0.2, 0.25) is 0 Å². The fourth-order valence-corrected chi connectivity index (χ4v) is 4.02. The van der Waals surface area contributed by atoms with Gasteiger partial charge in [0.1, 0.15) is 5.69 Å². The van der Waals surface area contributed by atoms with Gasteiger partial charge in [-0.3, -0.25) is 19.8 Å². The van der Waals surface area contributed by atoms with Crippen LogP contribution in [-0.2, 0) is 19.3 Å². The molecule has 3 aliphatic heterocycles. The van der Waals surface area contributed by atoms with Crippen molar-refractivity contribution >= 4 is 0 Å². The lowest BCUT2D eigenvalue weighted by Gasteiger charge is -2.56. The smallest absolute Gasteiger partial charge is 0.296 e. The molecule has 3 saturated heterocycles. The molecular weight excluding hydrogens is 341 g/mol. The summed E-state index contributed by atoms with van der Waals surface area (Å²) in [5.74, 6) is 0. The van der Waals surface area contributed by atoms with Crippen molar-refractivity contribution in [3.05, 3.63) is 59.2 Å². The zero-order chi connectivity index (χ0) is 18.3. The molecule has 5 rings (SSSR count). The number of alkyl halides is 3. The summed E-state index contributed by atoms with van der Waals surface area (Å²) in [7, 11) is 0. The molecule has 2 aromatic heterocycles. The molecule has 3 fully saturated rings. The number of pyridine rings is 2. The van der Waals surface area contributed by atoms with Crippen LogP contribution in [0.5, 0.6) is 0 Å². The van der Waals surface area contributed by atoms with Crippen molar-refractivity contribution in [1.82, 2.24) is 19.8 Å². The van der Waals surface area contributed by atoms with E-state index in [4.69, 9.17) is 0 Å². The highest BCUT2D eigenvalue weighted by atomic mass is 19.4. The van der Waals surface area contributed by atoms with E-state index in [2.05, 4.69) is 25.8 Å². The molecule has 0 N–H and O–H groups in total. The molecule has 0 saturated carbocycles. The van der Waals surface area contributed by atoms with Crippen LogP contribution < -0.4 is 0 Å². The summed E-state index contributed by atoms with van der Waals surface area (Å²) < 4.78 is 37.8. The maximum Gasteiger partial charge on any atom is 0.433 e. The summed E-state index contributed by atoms with van der Waals surface area (Å²) in [4.78, 5) is 12.6. The average Bonchev–Trinajstić information content (AvgIpc) is 2.59. The fourth-order valence-electron chi connectivity index (χ4n) is 4.02. The maximum atomic E-state index is 12.6. The monoisotopic (exact) mass is 362 g/mol. The van der Waals surface area contributed by atoms with Gasteiger partial charge in [-0.25, -0.2) is 0 Å². The Balaban J connectivity index is 1.34. The Morgan fingerprint density at radius 2 is 1.81 bits per heavy atom. The molecule has 0 radical (unpaired) electrons. The lowest BCUT2D eigenvalue weighted by molar-refractivity contribution is -0.141. The van der Waals surface area contributed by atoms with Gasteiger partial charge in [-0.05, 0) is 36.1 Å². The van der Waals surface area contributed by atoms with Gasteiger partial charge in [0.25, 0.3) is 0 Å². The number of aromatic nitrogens is 2. The third kappa shape index (κ3) is 3.59. The normalized spacial score (nSPS) is 23.7. The second kappa shape index (κ2) is 6.63. The Kier molecular flexibility index (Phi) is 4.44. The first-order valence-electron chi connectivity index (χ1n) is 8.79. The van der Waals surface area contributed by atoms with Crippen molar-refractivity contribution in [2.24, 2.45) is 0 Å². The zero-order valence-electron chi connectivity index (χ0n) is 14.6. The highest BCUT2D eigenvalue weighted by molar-refractivity contribution is 5.19. The minimum atomic E-state index is -4.38. The predicted molar refractivity (Wildman–Crippen MR) is 91.2 cm³/mol. The SMILES string of the molecule is Cc1cncc(CN2C3CC2CN(Cc2ccc(C(F)(F)F)nc2)C3)c1. The largest absolute Gasteiger partial charge is 0.433 e. The number of fused-ring (bicyclic) bond motifs is 2. The quantitative estimate of drug-likeness (QED) is 0.836. The molecule has 0 aliphatic carbocycles. The van der Waals surface area contributed by atoms with Gasteiger partial charge < -0.3 is 0 Å². The number of piperidine rings is 1. The first kappa shape index (κ1) is 17.4. The van der Waals surface area contributed by atoms with Gasteiger partial charge in [-0.15, -0.1) is 0 Å². The van der Waals surface area contributed by atoms with Crippen LogP contribution in [0.2, 0.25) is 0 Å². The van der Waals surface area contributed by atoms with Crippen LogP contribution in [0.4, 0.5) is 13.2 Å². The predicted octanol–water partition coefficient (Wildman–Crippen LogP) is 3.26. The summed E-state index contributed by atoms with van der Waals surface area (Å²) >= 11 is 0. The van der Waals surface area contributed by atoms with Crippen molar-refractivity contribution in [3.63, 3.8) is 0 Å². The molecular formula is C19H21F3N4. The number of nitrogens with zero attached hydrogens (tertiary/aromatic N) is 4. The van der Waals surface area contributed by atoms with Crippen LogP contribution in [0.3, 0.4) is 0 Å². The molecule has 4 nitrogen and oxygen atoms in total. The molecule has 2 bridgehead atoms. The Morgan fingerprint density at radius 1 is 1.04 bits per heavy atom. The standard InChI is InChI=1S/C19H21F3N4/c1-13-4-15(7-23-6-13)10-26-16-5-17(26)12-25(11-16)9-14-2-3-18(24-8-14)19(20,21)22/h2-4,6-8,16-17H,5,9-12H2,1H3. The summed E-state index contributed by atoms with van der Waals surface area (Å²) in [5, 5.41) is 0. The second-order valence-corrected chi connectivity index (χ2v) is 7.33. The number of hydrogen-bond donors (Lipinski definition) is 0. The van der Waals surface area contributed by atoms with Crippen molar-refractivity contribution in [1.29, 1.82) is 0 Å². The van der Waals surface area contributed by atoms with Crippen molar-refractivity contribution in [3.8, 4) is 0 Å². The van der Waals surface area contributed by atoms with E-state index in [1.165, 1.54) is 29.8 Å². The molecule has 7 heteroatoms. The molecule has 0 spiro atoms. The summed E-state index contributed by atoms with van der Waals surface area (Å²) in [6.07, 6.45) is 1.95. The molecule has 138 valence electrons. The van der Waals surface area contributed by atoms with E-state index >= 15 is 0 Å². The van der Waals surface area contributed by atoms with Gasteiger partial charge in [0.15, 0.2) is 0 Å². The van der Waals surface area contributed by atoms with Gasteiger partial charge in [0, 0.05) is 56.9 Å². The lowest BCUT2D eigenvalue weighted by Crippen LogP contribution is -2.67. The highest BCUT2D eigenvalue weighted by Gasteiger charge is 2.44. The van der Waals surface area contributed by atoms with E-state index in [-0.39, 0.29) is 0 Å². The Morgan fingerprint density at radius 3 is 2.42 bits per heavy atom. The van der Waals surface area contributed by atoms with Crippen molar-refractivity contribution in [2.45, 2.75) is 44.7 Å². The minimum absolute atomic E-state index is 0.511. The van der Waals surface area contributed by atoms with Crippen LogP contribution in [0.15, 0.2) is 36.8 Å². The second-order valence-electron chi connectivity index (χ2n) is 7.33. The van der Waals surface area contributed by atoms with Crippen LogP contribution in [0, 0.1) is 6.92 Å². The van der Waals surface area contributed by atoms with Gasteiger partial charge in [-0.1, -0.05) is 12.1 Å². The Bertz CT molecular complexity index is 763.